The smallest absolute Gasteiger partial charge is 0.275 e. The molecule has 1 aromatic carbocycles. The molecule has 1 atom stereocenters. The van der Waals surface area contributed by atoms with Gasteiger partial charge in [-0.25, -0.2) is 4.98 Å². The number of carbonyl (C=O) groups excluding carboxylic acids is 1. The van der Waals surface area contributed by atoms with Crippen LogP contribution in [0.5, 0.6) is 0 Å². The molecule has 0 spiro atoms. The molecule has 7 nitrogen and oxygen atoms in total. The lowest BCUT2D eigenvalue weighted by molar-refractivity contribution is -0.117. The highest BCUT2D eigenvalue weighted by molar-refractivity contribution is 7.20. The summed E-state index contributed by atoms with van der Waals surface area (Å²) in [4.78, 5) is 31.8. The molecule has 3 heterocycles. The minimum Gasteiger partial charge on any atom is -0.335 e. The average molecular weight is 383 g/mol. The molecule has 0 saturated carbocycles. The second-order valence-corrected chi connectivity index (χ2v) is 7.64. The second kappa shape index (κ2) is 7.11. The Labute approximate surface area is 160 Å². The van der Waals surface area contributed by atoms with Crippen LogP contribution in [-0.2, 0) is 11.2 Å². The number of rotatable bonds is 4. The van der Waals surface area contributed by atoms with Crippen LogP contribution in [0.2, 0.25) is 0 Å². The van der Waals surface area contributed by atoms with Gasteiger partial charge < -0.3 is 10.2 Å². The molecule has 1 aliphatic rings. The first-order valence-corrected chi connectivity index (χ1v) is 9.91. The summed E-state index contributed by atoms with van der Waals surface area (Å²) in [5.41, 5.74) is 2.50. The fourth-order valence-corrected chi connectivity index (χ4v) is 4.37. The first-order valence-electron chi connectivity index (χ1n) is 9.09. The number of nitrogens with one attached hydrogen (secondary N) is 1. The number of fused-ring (bicyclic) bond motifs is 1. The third-order valence-electron chi connectivity index (χ3n) is 4.79. The Balaban J connectivity index is 1.57. The van der Waals surface area contributed by atoms with E-state index in [1.807, 2.05) is 29.2 Å². The molecular weight excluding hydrogens is 362 g/mol. The Morgan fingerprint density at radius 3 is 2.85 bits per heavy atom. The van der Waals surface area contributed by atoms with E-state index in [0.29, 0.717) is 15.8 Å². The van der Waals surface area contributed by atoms with Gasteiger partial charge in [-0.05, 0) is 43.9 Å². The molecule has 0 bridgehead atoms. The number of aromatic nitrogens is 3. The van der Waals surface area contributed by atoms with Crippen LogP contribution in [0.25, 0.3) is 4.96 Å². The van der Waals surface area contributed by atoms with E-state index in [-0.39, 0.29) is 17.5 Å². The van der Waals surface area contributed by atoms with Gasteiger partial charge in [0.05, 0.1) is 0 Å². The van der Waals surface area contributed by atoms with E-state index in [9.17, 15) is 9.59 Å². The van der Waals surface area contributed by atoms with E-state index >= 15 is 0 Å². The number of benzene rings is 1. The number of hydrogen-bond donors (Lipinski definition) is 1. The zero-order valence-electron chi connectivity index (χ0n) is 15.3. The van der Waals surface area contributed by atoms with Crippen LogP contribution in [0.1, 0.15) is 31.0 Å². The summed E-state index contributed by atoms with van der Waals surface area (Å²) in [6.45, 7) is 4.63. The van der Waals surface area contributed by atoms with Gasteiger partial charge in [-0.15, -0.1) is 5.10 Å². The summed E-state index contributed by atoms with van der Waals surface area (Å²) < 4.78 is 1.31. The zero-order valence-corrected chi connectivity index (χ0v) is 16.1. The third-order valence-corrected chi connectivity index (χ3v) is 5.74. The molecule has 1 saturated heterocycles. The Bertz CT molecular complexity index is 1040. The Hall–Kier alpha value is -2.74. The lowest BCUT2D eigenvalue weighted by Gasteiger charge is -2.22. The fourth-order valence-electron chi connectivity index (χ4n) is 3.34. The quantitative estimate of drug-likeness (QED) is 0.749. The van der Waals surface area contributed by atoms with E-state index in [4.69, 9.17) is 0 Å². The molecule has 27 heavy (non-hydrogen) atoms. The van der Waals surface area contributed by atoms with Gasteiger partial charge in [0.15, 0.2) is 0 Å². The molecule has 0 unspecified atom stereocenters. The molecule has 0 radical (unpaired) electrons. The van der Waals surface area contributed by atoms with Crippen molar-refractivity contribution in [2.75, 3.05) is 16.8 Å². The average Bonchev–Trinajstić information content (AvgIpc) is 3.29. The lowest BCUT2D eigenvalue weighted by atomic mass is 10.1. The van der Waals surface area contributed by atoms with Crippen molar-refractivity contribution in [2.45, 2.75) is 39.2 Å². The minimum atomic E-state index is -0.298. The molecule has 1 N–H and O–H groups in total. The van der Waals surface area contributed by atoms with E-state index in [1.165, 1.54) is 27.5 Å². The topological polar surface area (TPSA) is 79.6 Å². The maximum Gasteiger partial charge on any atom is 0.275 e. The maximum atomic E-state index is 12.8. The van der Waals surface area contributed by atoms with Gasteiger partial charge in [0.2, 0.25) is 16.0 Å². The van der Waals surface area contributed by atoms with E-state index in [2.05, 4.69) is 22.3 Å². The highest BCUT2D eigenvalue weighted by Crippen LogP contribution is 2.29. The highest BCUT2D eigenvalue weighted by atomic mass is 32.1. The fraction of sp³-hybridized carbons (Fsp3) is 0.368. The number of anilines is 2. The van der Waals surface area contributed by atoms with Crippen molar-refractivity contribution in [1.82, 2.24) is 14.6 Å². The van der Waals surface area contributed by atoms with Crippen LogP contribution < -0.4 is 15.8 Å². The molecule has 2 aromatic heterocycles. The van der Waals surface area contributed by atoms with Gasteiger partial charge in [-0.3, -0.25) is 9.59 Å². The standard InChI is InChI=1S/C19H21N5O2S/c1-3-13-6-8-14(9-7-13)21-17(26)15-5-4-10-23(15)19-22-24-16(25)11-12(2)20-18(24)27-19/h6-9,11,15H,3-5,10H2,1-2H3,(H,21,26)/t15-/m1/s1. The van der Waals surface area contributed by atoms with Crippen LogP contribution >= 0.6 is 11.3 Å². The Kier molecular flexibility index (Phi) is 4.65. The SMILES string of the molecule is CCc1ccc(NC(=O)[C@H]2CCCN2c2nn3c(=O)cc(C)nc3s2)cc1. The Morgan fingerprint density at radius 2 is 2.11 bits per heavy atom. The lowest BCUT2D eigenvalue weighted by Crippen LogP contribution is -2.39. The molecule has 1 aliphatic heterocycles. The van der Waals surface area contributed by atoms with Crippen LogP contribution in [0.4, 0.5) is 10.8 Å². The van der Waals surface area contributed by atoms with Crippen molar-refractivity contribution in [3.05, 3.63) is 51.9 Å². The number of carbonyl (C=O) groups is 1. The minimum absolute atomic E-state index is 0.0486. The molecule has 1 fully saturated rings. The molecule has 8 heteroatoms. The van der Waals surface area contributed by atoms with Crippen LogP contribution in [0, 0.1) is 6.92 Å². The summed E-state index contributed by atoms with van der Waals surface area (Å²) in [5, 5.41) is 8.06. The van der Waals surface area contributed by atoms with Crippen LogP contribution in [0.15, 0.2) is 35.1 Å². The van der Waals surface area contributed by atoms with Crippen molar-refractivity contribution < 1.29 is 4.79 Å². The van der Waals surface area contributed by atoms with Crippen molar-refractivity contribution in [2.24, 2.45) is 0 Å². The van der Waals surface area contributed by atoms with Crippen molar-refractivity contribution in [3.8, 4) is 0 Å². The van der Waals surface area contributed by atoms with E-state index < -0.39 is 0 Å². The predicted molar refractivity (Wildman–Crippen MR) is 107 cm³/mol. The molecule has 3 aromatic rings. The van der Waals surface area contributed by atoms with Crippen LogP contribution in [-0.4, -0.2) is 33.1 Å². The van der Waals surface area contributed by atoms with Gasteiger partial charge >= 0.3 is 0 Å². The van der Waals surface area contributed by atoms with Gasteiger partial charge in [0.1, 0.15) is 6.04 Å². The largest absolute Gasteiger partial charge is 0.335 e. The number of amides is 1. The molecular formula is C19H21N5O2S. The van der Waals surface area contributed by atoms with E-state index in [1.54, 1.807) is 6.92 Å². The maximum absolute atomic E-state index is 12.8. The van der Waals surface area contributed by atoms with Gasteiger partial charge in [-0.2, -0.15) is 4.52 Å². The third kappa shape index (κ3) is 3.44. The van der Waals surface area contributed by atoms with Crippen molar-refractivity contribution in [1.29, 1.82) is 0 Å². The monoisotopic (exact) mass is 383 g/mol. The zero-order chi connectivity index (χ0) is 19.0. The number of aryl methyl sites for hydroxylation is 2. The van der Waals surface area contributed by atoms with Crippen molar-refractivity contribution in [3.63, 3.8) is 0 Å². The first-order chi connectivity index (χ1) is 13.0. The molecule has 1 amide bonds. The first kappa shape index (κ1) is 17.7. The summed E-state index contributed by atoms with van der Waals surface area (Å²) >= 11 is 1.34. The van der Waals surface area contributed by atoms with Gasteiger partial charge in [0, 0.05) is 24.0 Å². The molecule has 4 rings (SSSR count). The highest BCUT2D eigenvalue weighted by Gasteiger charge is 2.33. The summed E-state index contributed by atoms with van der Waals surface area (Å²) in [6.07, 6.45) is 2.63. The summed E-state index contributed by atoms with van der Waals surface area (Å²) in [5.74, 6) is -0.0486. The normalized spacial score (nSPS) is 16.8. The Morgan fingerprint density at radius 1 is 1.33 bits per heavy atom. The molecule has 140 valence electrons. The summed E-state index contributed by atoms with van der Waals surface area (Å²) in [7, 11) is 0. The predicted octanol–water partition coefficient (Wildman–Crippen LogP) is 2.63. The summed E-state index contributed by atoms with van der Waals surface area (Å²) in [6, 6.07) is 9.07. The van der Waals surface area contributed by atoms with Crippen LogP contribution in [0.3, 0.4) is 0 Å². The van der Waals surface area contributed by atoms with Gasteiger partial charge in [-0.1, -0.05) is 30.4 Å². The van der Waals surface area contributed by atoms with Crippen molar-refractivity contribution >= 4 is 33.0 Å². The number of nitrogens with zero attached hydrogens (tertiary/aromatic N) is 4. The number of hydrogen-bond acceptors (Lipinski definition) is 6. The second-order valence-electron chi connectivity index (χ2n) is 6.71. The van der Waals surface area contributed by atoms with Gasteiger partial charge in [0.25, 0.3) is 5.56 Å². The molecule has 0 aliphatic carbocycles. The van der Waals surface area contributed by atoms with E-state index in [0.717, 1.165) is 31.5 Å².